The van der Waals surface area contributed by atoms with Gasteiger partial charge in [-0.05, 0) is 37.0 Å². The molecule has 3 heteroatoms. The van der Waals surface area contributed by atoms with Crippen molar-refractivity contribution in [3.05, 3.63) is 29.3 Å². The Morgan fingerprint density at radius 1 is 1.22 bits per heavy atom. The second kappa shape index (κ2) is 6.34. The van der Waals surface area contributed by atoms with Gasteiger partial charge in [-0.2, -0.15) is 0 Å². The molecule has 0 radical (unpaired) electrons. The van der Waals surface area contributed by atoms with E-state index >= 15 is 0 Å². The fraction of sp³-hybridized carbons (Fsp3) is 0.467. The van der Waals surface area contributed by atoms with E-state index in [-0.39, 0.29) is 18.1 Å². The molecule has 0 aliphatic rings. The van der Waals surface area contributed by atoms with E-state index in [1.54, 1.807) is 0 Å². The van der Waals surface area contributed by atoms with Gasteiger partial charge in [0.05, 0.1) is 0 Å². The van der Waals surface area contributed by atoms with E-state index in [1.165, 1.54) is 12.5 Å². The van der Waals surface area contributed by atoms with Crippen LogP contribution < -0.4 is 5.32 Å². The van der Waals surface area contributed by atoms with Crippen molar-refractivity contribution in [2.24, 2.45) is 0 Å². The summed E-state index contributed by atoms with van der Waals surface area (Å²) in [6, 6.07) is 6.09. The highest BCUT2D eigenvalue weighted by atomic mass is 16.2. The number of benzene rings is 1. The molecule has 1 rings (SSSR count). The first kappa shape index (κ1) is 14.4. The van der Waals surface area contributed by atoms with Crippen LogP contribution in [0.1, 0.15) is 50.7 Å². The minimum Gasteiger partial charge on any atom is -0.326 e. The quantitative estimate of drug-likeness (QED) is 0.866. The lowest BCUT2D eigenvalue weighted by atomic mass is 10.0. The number of carbonyl (C=O) groups excluding carboxylic acids is 2. The van der Waals surface area contributed by atoms with Crippen LogP contribution in [0, 0.1) is 6.92 Å². The smallest absolute Gasteiger partial charge is 0.224 e. The summed E-state index contributed by atoms with van der Waals surface area (Å²) < 4.78 is 0. The average molecular weight is 247 g/mol. The highest BCUT2D eigenvalue weighted by Gasteiger charge is 2.08. The van der Waals surface area contributed by atoms with Crippen LogP contribution in [0.2, 0.25) is 0 Å². The van der Waals surface area contributed by atoms with Gasteiger partial charge in [-0.25, -0.2) is 0 Å². The van der Waals surface area contributed by atoms with Crippen LogP contribution in [-0.2, 0) is 9.59 Å². The zero-order chi connectivity index (χ0) is 13.7. The zero-order valence-electron chi connectivity index (χ0n) is 11.5. The lowest BCUT2D eigenvalue weighted by Gasteiger charge is -2.12. The van der Waals surface area contributed by atoms with Crippen LogP contribution in [0.3, 0.4) is 0 Å². The minimum atomic E-state index is -0.103. The summed E-state index contributed by atoms with van der Waals surface area (Å²) >= 11 is 0. The molecule has 0 saturated carbocycles. The maximum absolute atomic E-state index is 11.7. The Labute approximate surface area is 109 Å². The second-order valence-corrected chi connectivity index (χ2v) is 4.98. The van der Waals surface area contributed by atoms with Crippen LogP contribution in [0.5, 0.6) is 0 Å². The van der Waals surface area contributed by atoms with E-state index < -0.39 is 0 Å². The first-order chi connectivity index (χ1) is 8.40. The van der Waals surface area contributed by atoms with Gasteiger partial charge < -0.3 is 10.1 Å². The van der Waals surface area contributed by atoms with Crippen LogP contribution in [0.4, 0.5) is 5.69 Å². The number of nitrogens with one attached hydrogen (secondary N) is 1. The van der Waals surface area contributed by atoms with Crippen LogP contribution in [0.15, 0.2) is 18.2 Å². The molecule has 0 aromatic heterocycles. The molecule has 0 saturated heterocycles. The molecule has 3 nitrogen and oxygen atoms in total. The highest BCUT2D eigenvalue weighted by Crippen LogP contribution is 2.22. The minimum absolute atomic E-state index is 0.0396. The topological polar surface area (TPSA) is 46.2 Å². The molecule has 0 heterocycles. The summed E-state index contributed by atoms with van der Waals surface area (Å²) in [5.41, 5.74) is 3.08. The lowest BCUT2D eigenvalue weighted by molar-refractivity contribution is -0.121. The molecule has 18 heavy (non-hydrogen) atoms. The second-order valence-electron chi connectivity index (χ2n) is 4.98. The van der Waals surface area contributed by atoms with Gasteiger partial charge in [-0.3, -0.25) is 4.79 Å². The molecule has 0 aliphatic carbocycles. The summed E-state index contributed by atoms with van der Waals surface area (Å²) in [5, 5.41) is 2.87. The number of amides is 1. The molecule has 98 valence electrons. The molecular formula is C15H21NO2. The first-order valence-corrected chi connectivity index (χ1v) is 6.30. The summed E-state index contributed by atoms with van der Waals surface area (Å²) in [5.74, 6) is 0.366. The number of anilines is 1. The van der Waals surface area contributed by atoms with Crippen molar-refractivity contribution in [1.29, 1.82) is 0 Å². The Bertz CT molecular complexity index is 450. The van der Waals surface area contributed by atoms with Crippen LogP contribution >= 0.6 is 0 Å². The van der Waals surface area contributed by atoms with E-state index in [0.29, 0.717) is 12.3 Å². The van der Waals surface area contributed by atoms with E-state index in [4.69, 9.17) is 0 Å². The summed E-state index contributed by atoms with van der Waals surface area (Å²) in [6.45, 7) is 7.70. The summed E-state index contributed by atoms with van der Waals surface area (Å²) in [4.78, 5) is 22.5. The number of aryl methyl sites for hydroxylation is 1. The first-order valence-electron chi connectivity index (χ1n) is 6.30. The number of hydrogen-bond acceptors (Lipinski definition) is 2. The van der Waals surface area contributed by atoms with E-state index in [1.807, 2.05) is 19.1 Å². The molecule has 0 spiro atoms. The number of rotatable bonds is 5. The Morgan fingerprint density at radius 2 is 1.89 bits per heavy atom. The normalized spacial score (nSPS) is 10.5. The van der Waals surface area contributed by atoms with Gasteiger partial charge in [0.2, 0.25) is 5.91 Å². The Morgan fingerprint density at radius 3 is 2.44 bits per heavy atom. The van der Waals surface area contributed by atoms with Gasteiger partial charge in [-0.1, -0.05) is 26.0 Å². The summed E-state index contributed by atoms with van der Waals surface area (Å²) in [6.07, 6.45) is 0.551. The Hall–Kier alpha value is -1.64. The fourth-order valence-electron chi connectivity index (χ4n) is 1.64. The van der Waals surface area contributed by atoms with Crippen molar-refractivity contribution < 1.29 is 9.59 Å². The third kappa shape index (κ3) is 4.32. The van der Waals surface area contributed by atoms with Gasteiger partial charge >= 0.3 is 0 Å². The molecular weight excluding hydrogens is 226 g/mol. The van der Waals surface area contributed by atoms with Crippen molar-refractivity contribution in [3.8, 4) is 0 Å². The largest absolute Gasteiger partial charge is 0.326 e. The van der Waals surface area contributed by atoms with E-state index in [0.717, 1.165) is 11.3 Å². The van der Waals surface area contributed by atoms with Gasteiger partial charge in [0.1, 0.15) is 5.78 Å². The Kier molecular flexibility index (Phi) is 5.08. The number of ketones is 1. The van der Waals surface area contributed by atoms with Crippen molar-refractivity contribution in [2.45, 2.75) is 46.5 Å². The maximum atomic E-state index is 11.7. The number of hydrogen-bond donors (Lipinski definition) is 1. The molecule has 1 aromatic carbocycles. The van der Waals surface area contributed by atoms with Crippen molar-refractivity contribution in [1.82, 2.24) is 0 Å². The SMILES string of the molecule is CC(=O)CCC(=O)Nc1cc(C(C)C)ccc1C. The maximum Gasteiger partial charge on any atom is 0.224 e. The number of Topliss-reactive ketones (excluding diaryl/α,β-unsaturated/α-hetero) is 1. The van der Waals surface area contributed by atoms with E-state index in [9.17, 15) is 9.59 Å². The molecule has 1 N–H and O–H groups in total. The average Bonchev–Trinajstić information content (AvgIpc) is 2.29. The van der Waals surface area contributed by atoms with E-state index in [2.05, 4.69) is 25.2 Å². The molecule has 0 atom stereocenters. The van der Waals surface area contributed by atoms with Crippen LogP contribution in [0.25, 0.3) is 0 Å². The van der Waals surface area contributed by atoms with Gasteiger partial charge in [0.15, 0.2) is 0 Å². The van der Waals surface area contributed by atoms with Gasteiger partial charge in [0.25, 0.3) is 0 Å². The predicted molar refractivity (Wildman–Crippen MR) is 73.8 cm³/mol. The zero-order valence-corrected chi connectivity index (χ0v) is 11.5. The highest BCUT2D eigenvalue weighted by molar-refractivity contribution is 5.93. The summed E-state index contributed by atoms with van der Waals surface area (Å²) in [7, 11) is 0. The molecule has 0 fully saturated rings. The fourth-order valence-corrected chi connectivity index (χ4v) is 1.64. The predicted octanol–water partition coefficient (Wildman–Crippen LogP) is 3.43. The molecule has 0 bridgehead atoms. The number of carbonyl (C=O) groups is 2. The third-order valence-corrected chi connectivity index (χ3v) is 2.91. The van der Waals surface area contributed by atoms with Crippen molar-refractivity contribution in [2.75, 3.05) is 5.32 Å². The van der Waals surface area contributed by atoms with Gasteiger partial charge in [0, 0.05) is 18.5 Å². The molecule has 0 aliphatic heterocycles. The molecule has 0 unspecified atom stereocenters. The van der Waals surface area contributed by atoms with Crippen molar-refractivity contribution >= 4 is 17.4 Å². The van der Waals surface area contributed by atoms with Gasteiger partial charge in [-0.15, -0.1) is 0 Å². The monoisotopic (exact) mass is 247 g/mol. The van der Waals surface area contributed by atoms with Crippen LogP contribution in [-0.4, -0.2) is 11.7 Å². The molecule has 1 amide bonds. The Balaban J connectivity index is 2.74. The lowest BCUT2D eigenvalue weighted by Crippen LogP contribution is -2.13. The molecule has 1 aromatic rings. The standard InChI is InChI=1S/C15H21NO2/c1-10(2)13-7-5-11(3)14(9-13)16-15(18)8-6-12(4)17/h5,7,9-10H,6,8H2,1-4H3,(H,16,18). The third-order valence-electron chi connectivity index (χ3n) is 2.91. The van der Waals surface area contributed by atoms with Crippen molar-refractivity contribution in [3.63, 3.8) is 0 Å².